The first-order chi connectivity index (χ1) is 7.72. The molecule has 1 heterocycles. The molecule has 2 aromatic rings. The quantitative estimate of drug-likeness (QED) is 0.666. The van der Waals surface area contributed by atoms with Crippen molar-refractivity contribution in [3.05, 3.63) is 54.3 Å². The van der Waals surface area contributed by atoms with Crippen LogP contribution in [0.5, 0.6) is 0 Å². The van der Waals surface area contributed by atoms with Gasteiger partial charge in [0.05, 0.1) is 0 Å². The van der Waals surface area contributed by atoms with Gasteiger partial charge in [0.2, 0.25) is 0 Å². The van der Waals surface area contributed by atoms with E-state index >= 15 is 0 Å². The van der Waals surface area contributed by atoms with Crippen molar-refractivity contribution < 1.29 is 4.42 Å². The molecule has 0 aliphatic carbocycles. The van der Waals surface area contributed by atoms with Crippen LogP contribution in [0.1, 0.15) is 26.0 Å². The second-order valence-electron chi connectivity index (χ2n) is 4.05. The van der Waals surface area contributed by atoms with Crippen LogP contribution in [0.4, 0.5) is 0 Å². The van der Waals surface area contributed by atoms with Gasteiger partial charge in [0, 0.05) is 5.39 Å². The second-order valence-corrected chi connectivity index (χ2v) is 4.05. The Kier molecular flexibility index (Phi) is 2.95. The third-order valence-corrected chi connectivity index (χ3v) is 2.89. The molecule has 2 rings (SSSR count). The van der Waals surface area contributed by atoms with E-state index in [-0.39, 0.29) is 0 Å². The standard InChI is InChI=1S/C15H16O/c1-4-7-11(2)12(3)15-10-13-8-5-6-9-14(13)16-15/h4-6,8-10H,1,7H2,2-3H3/b12-11-. The van der Waals surface area contributed by atoms with Crippen molar-refractivity contribution >= 4 is 16.5 Å². The van der Waals surface area contributed by atoms with Gasteiger partial charge in [-0.2, -0.15) is 0 Å². The molecule has 0 spiro atoms. The summed E-state index contributed by atoms with van der Waals surface area (Å²) in [4.78, 5) is 0. The van der Waals surface area contributed by atoms with Crippen LogP contribution in [0.25, 0.3) is 16.5 Å². The van der Waals surface area contributed by atoms with Gasteiger partial charge in [-0.05, 0) is 38.0 Å². The Balaban J connectivity index is 2.47. The lowest BCUT2D eigenvalue weighted by atomic mass is 10.1. The van der Waals surface area contributed by atoms with Crippen molar-refractivity contribution in [2.45, 2.75) is 20.3 Å². The van der Waals surface area contributed by atoms with Crippen LogP contribution in [0.15, 0.2) is 53.0 Å². The summed E-state index contributed by atoms with van der Waals surface area (Å²) < 4.78 is 5.81. The molecule has 0 saturated carbocycles. The van der Waals surface area contributed by atoms with Crippen LogP contribution >= 0.6 is 0 Å². The molecule has 1 aromatic carbocycles. The van der Waals surface area contributed by atoms with E-state index in [2.05, 4.69) is 32.6 Å². The van der Waals surface area contributed by atoms with Crippen LogP contribution in [0, 0.1) is 0 Å². The normalized spacial score (nSPS) is 12.6. The summed E-state index contributed by atoms with van der Waals surface area (Å²) in [6, 6.07) is 10.2. The van der Waals surface area contributed by atoms with E-state index in [0.29, 0.717) is 0 Å². The number of hydrogen-bond acceptors (Lipinski definition) is 1. The summed E-state index contributed by atoms with van der Waals surface area (Å²) in [5, 5.41) is 1.16. The topological polar surface area (TPSA) is 13.1 Å². The van der Waals surface area contributed by atoms with Crippen LogP contribution in [0.3, 0.4) is 0 Å². The first-order valence-corrected chi connectivity index (χ1v) is 5.48. The number of benzene rings is 1. The third-order valence-electron chi connectivity index (χ3n) is 2.89. The number of allylic oxidation sites excluding steroid dienone is 3. The zero-order valence-electron chi connectivity index (χ0n) is 9.79. The van der Waals surface area contributed by atoms with Gasteiger partial charge in [0.25, 0.3) is 0 Å². The summed E-state index contributed by atoms with van der Waals surface area (Å²) in [7, 11) is 0. The van der Waals surface area contributed by atoms with E-state index in [1.165, 1.54) is 11.1 Å². The fourth-order valence-corrected chi connectivity index (χ4v) is 1.75. The highest BCUT2D eigenvalue weighted by atomic mass is 16.3. The van der Waals surface area contributed by atoms with Crippen LogP contribution < -0.4 is 0 Å². The van der Waals surface area contributed by atoms with Gasteiger partial charge in [-0.3, -0.25) is 0 Å². The molecule has 0 radical (unpaired) electrons. The molecule has 0 amide bonds. The fraction of sp³-hybridized carbons (Fsp3) is 0.200. The molecule has 0 unspecified atom stereocenters. The van der Waals surface area contributed by atoms with Crippen molar-refractivity contribution in [2.75, 3.05) is 0 Å². The van der Waals surface area contributed by atoms with Gasteiger partial charge in [0.15, 0.2) is 0 Å². The Bertz CT molecular complexity index is 510. The summed E-state index contributed by atoms with van der Waals surface area (Å²) in [5.41, 5.74) is 3.45. The van der Waals surface area contributed by atoms with Crippen LogP contribution in [-0.4, -0.2) is 0 Å². The van der Waals surface area contributed by atoms with Gasteiger partial charge in [-0.1, -0.05) is 29.8 Å². The Morgan fingerprint density at radius 1 is 1.31 bits per heavy atom. The molecule has 0 aliphatic rings. The van der Waals surface area contributed by atoms with Crippen LogP contribution in [0.2, 0.25) is 0 Å². The maximum Gasteiger partial charge on any atom is 0.134 e. The first-order valence-electron chi connectivity index (χ1n) is 5.48. The van der Waals surface area contributed by atoms with Gasteiger partial charge < -0.3 is 4.42 Å². The number of fused-ring (bicyclic) bond motifs is 1. The van der Waals surface area contributed by atoms with E-state index in [4.69, 9.17) is 4.42 Å². The van der Waals surface area contributed by atoms with Gasteiger partial charge >= 0.3 is 0 Å². The Morgan fingerprint density at radius 3 is 2.75 bits per heavy atom. The molecule has 1 nitrogen and oxygen atoms in total. The van der Waals surface area contributed by atoms with E-state index in [9.17, 15) is 0 Å². The largest absolute Gasteiger partial charge is 0.456 e. The SMILES string of the molecule is C=CC/C(C)=C(/C)c1cc2ccccc2o1. The Morgan fingerprint density at radius 2 is 2.06 bits per heavy atom. The van der Waals surface area contributed by atoms with Gasteiger partial charge in [-0.25, -0.2) is 0 Å². The molecule has 0 fully saturated rings. The van der Waals surface area contributed by atoms with E-state index in [1.807, 2.05) is 24.3 Å². The van der Waals surface area contributed by atoms with Crippen molar-refractivity contribution in [3.63, 3.8) is 0 Å². The highest BCUT2D eigenvalue weighted by Crippen LogP contribution is 2.27. The van der Waals surface area contributed by atoms with Gasteiger partial charge in [0.1, 0.15) is 11.3 Å². The number of hydrogen-bond donors (Lipinski definition) is 0. The van der Waals surface area contributed by atoms with E-state index < -0.39 is 0 Å². The summed E-state index contributed by atoms with van der Waals surface area (Å²) in [6.07, 6.45) is 2.82. The summed E-state index contributed by atoms with van der Waals surface area (Å²) >= 11 is 0. The molecule has 16 heavy (non-hydrogen) atoms. The molecule has 1 aromatic heterocycles. The van der Waals surface area contributed by atoms with E-state index in [1.54, 1.807) is 0 Å². The first kappa shape index (κ1) is 10.7. The van der Waals surface area contributed by atoms with E-state index in [0.717, 1.165) is 23.2 Å². The maximum absolute atomic E-state index is 5.81. The maximum atomic E-state index is 5.81. The highest BCUT2D eigenvalue weighted by molar-refractivity contribution is 5.82. The number of furan rings is 1. The lowest BCUT2D eigenvalue weighted by molar-refractivity contribution is 0.598. The summed E-state index contributed by atoms with van der Waals surface area (Å²) in [5.74, 6) is 0.959. The minimum atomic E-state index is 0.906. The van der Waals surface area contributed by atoms with Crippen molar-refractivity contribution in [3.8, 4) is 0 Å². The molecule has 0 aliphatic heterocycles. The van der Waals surface area contributed by atoms with Crippen LogP contribution in [-0.2, 0) is 0 Å². The molecule has 0 N–H and O–H groups in total. The predicted octanol–water partition coefficient (Wildman–Crippen LogP) is 4.80. The molecular weight excluding hydrogens is 196 g/mol. The molecule has 1 heteroatoms. The highest BCUT2D eigenvalue weighted by Gasteiger charge is 2.06. The monoisotopic (exact) mass is 212 g/mol. The molecular formula is C15H16O. The molecule has 0 bridgehead atoms. The third kappa shape index (κ3) is 1.94. The van der Waals surface area contributed by atoms with Crippen molar-refractivity contribution in [1.29, 1.82) is 0 Å². The van der Waals surface area contributed by atoms with Crippen molar-refractivity contribution in [1.82, 2.24) is 0 Å². The molecule has 0 atom stereocenters. The lowest BCUT2D eigenvalue weighted by Gasteiger charge is -2.01. The Hall–Kier alpha value is -1.76. The number of para-hydroxylation sites is 1. The second kappa shape index (κ2) is 4.40. The minimum absolute atomic E-state index is 0.906. The zero-order valence-corrected chi connectivity index (χ0v) is 9.79. The molecule has 0 saturated heterocycles. The Labute approximate surface area is 96.1 Å². The smallest absolute Gasteiger partial charge is 0.134 e. The van der Waals surface area contributed by atoms with Crippen molar-refractivity contribution in [2.24, 2.45) is 0 Å². The zero-order chi connectivity index (χ0) is 11.5. The summed E-state index contributed by atoms with van der Waals surface area (Å²) in [6.45, 7) is 7.96. The average Bonchev–Trinajstić information content (AvgIpc) is 2.71. The lowest BCUT2D eigenvalue weighted by Crippen LogP contribution is -1.81. The predicted molar refractivity (Wildman–Crippen MR) is 69.3 cm³/mol. The minimum Gasteiger partial charge on any atom is -0.456 e. The fourth-order valence-electron chi connectivity index (χ4n) is 1.75. The average molecular weight is 212 g/mol. The molecule has 82 valence electrons. The van der Waals surface area contributed by atoms with Gasteiger partial charge in [-0.15, -0.1) is 6.58 Å². The number of rotatable bonds is 3.